The first-order chi connectivity index (χ1) is 15.6. The fourth-order valence-corrected chi connectivity index (χ4v) is 3.05. The molecule has 0 aliphatic rings. The summed E-state index contributed by atoms with van der Waals surface area (Å²) >= 11 is 0. The Kier molecular flexibility index (Phi) is 6.27. The van der Waals surface area contributed by atoms with Gasteiger partial charge in [0, 0.05) is 17.3 Å². The Hall–Kier alpha value is -4.39. The molecule has 4 rings (SSSR count). The number of methoxy groups -OCH3 is 1. The van der Waals surface area contributed by atoms with E-state index in [0.29, 0.717) is 17.1 Å². The van der Waals surface area contributed by atoms with E-state index >= 15 is 0 Å². The smallest absolute Gasteiger partial charge is 0.267 e. The molecule has 1 amide bonds. The monoisotopic (exact) mass is 427 g/mol. The van der Waals surface area contributed by atoms with Gasteiger partial charge in [-0.15, -0.1) is 0 Å². The highest BCUT2D eigenvalue weighted by Crippen LogP contribution is 2.23. The molecule has 0 aliphatic carbocycles. The van der Waals surface area contributed by atoms with Crippen LogP contribution in [0.25, 0.3) is 11.3 Å². The van der Waals surface area contributed by atoms with E-state index in [-0.39, 0.29) is 18.0 Å². The molecule has 4 aromatic rings. The number of anilines is 1. The van der Waals surface area contributed by atoms with Crippen molar-refractivity contribution in [2.75, 3.05) is 12.4 Å². The fraction of sp³-hybridized carbons (Fsp3) is 0.0800. The summed E-state index contributed by atoms with van der Waals surface area (Å²) in [5, 5.41) is 7.10. The Bertz CT molecular complexity index is 1250. The topological polar surface area (TPSA) is 82.5 Å². The Balaban J connectivity index is 1.41. The number of nitrogens with one attached hydrogen (secondary N) is 1. The van der Waals surface area contributed by atoms with Gasteiger partial charge in [0.1, 0.15) is 23.8 Å². The van der Waals surface area contributed by atoms with Gasteiger partial charge in [-0.1, -0.05) is 18.2 Å². The maximum atomic E-state index is 12.5. The minimum absolute atomic E-state index is 0.203. The van der Waals surface area contributed by atoms with E-state index in [1.165, 1.54) is 6.07 Å². The van der Waals surface area contributed by atoms with Crippen LogP contribution in [-0.2, 0) is 11.3 Å². The Labute approximate surface area is 184 Å². The van der Waals surface area contributed by atoms with Crippen molar-refractivity contribution in [2.24, 2.45) is 0 Å². The maximum Gasteiger partial charge on any atom is 0.267 e. The van der Waals surface area contributed by atoms with E-state index in [9.17, 15) is 9.59 Å². The highest BCUT2D eigenvalue weighted by atomic mass is 16.5. The van der Waals surface area contributed by atoms with Gasteiger partial charge in [0.25, 0.3) is 5.56 Å². The normalized spacial score (nSPS) is 10.4. The van der Waals surface area contributed by atoms with Gasteiger partial charge in [-0.3, -0.25) is 9.59 Å². The zero-order chi connectivity index (χ0) is 22.3. The zero-order valence-corrected chi connectivity index (χ0v) is 17.4. The van der Waals surface area contributed by atoms with Gasteiger partial charge >= 0.3 is 0 Å². The van der Waals surface area contributed by atoms with Crippen LogP contribution in [0.1, 0.15) is 0 Å². The SMILES string of the molecule is COc1ccc(-c2ccc(=O)n(CC(=O)Nc3ccc(Oc4ccccc4)cc3)n2)cc1. The molecule has 0 radical (unpaired) electrons. The second-order valence-corrected chi connectivity index (χ2v) is 6.93. The zero-order valence-electron chi connectivity index (χ0n) is 17.4. The second-order valence-electron chi connectivity index (χ2n) is 6.93. The number of benzene rings is 3. The molecule has 0 saturated carbocycles. The first kappa shape index (κ1) is 20.9. The molecule has 0 bridgehead atoms. The molecule has 160 valence electrons. The number of amides is 1. The number of aromatic nitrogens is 2. The van der Waals surface area contributed by atoms with Gasteiger partial charge in [0.15, 0.2) is 0 Å². The number of rotatable bonds is 7. The van der Waals surface area contributed by atoms with E-state index < -0.39 is 0 Å². The minimum Gasteiger partial charge on any atom is -0.497 e. The molecule has 0 saturated heterocycles. The quantitative estimate of drug-likeness (QED) is 0.474. The molecule has 0 atom stereocenters. The first-order valence-electron chi connectivity index (χ1n) is 9.96. The molecule has 0 spiro atoms. The number of para-hydroxylation sites is 1. The maximum absolute atomic E-state index is 12.5. The van der Waals surface area contributed by atoms with Crippen LogP contribution in [0.2, 0.25) is 0 Å². The van der Waals surface area contributed by atoms with Gasteiger partial charge in [-0.05, 0) is 66.7 Å². The standard InChI is InChI=1S/C25H21N3O4/c1-31-20-11-7-18(8-12-20)23-15-16-25(30)28(27-23)17-24(29)26-19-9-13-22(14-10-19)32-21-5-3-2-4-6-21/h2-16H,17H2,1H3,(H,26,29). The third-order valence-corrected chi connectivity index (χ3v) is 4.66. The highest BCUT2D eigenvalue weighted by Gasteiger charge is 2.09. The highest BCUT2D eigenvalue weighted by molar-refractivity contribution is 5.90. The molecule has 7 nitrogen and oxygen atoms in total. The van der Waals surface area contributed by atoms with E-state index in [2.05, 4.69) is 10.4 Å². The van der Waals surface area contributed by atoms with E-state index in [1.807, 2.05) is 54.6 Å². The molecule has 1 heterocycles. The van der Waals surface area contributed by atoms with Crippen LogP contribution >= 0.6 is 0 Å². The number of carbonyl (C=O) groups excluding carboxylic acids is 1. The summed E-state index contributed by atoms with van der Waals surface area (Å²) < 4.78 is 12.0. The van der Waals surface area contributed by atoms with Crippen molar-refractivity contribution in [1.82, 2.24) is 9.78 Å². The summed E-state index contributed by atoms with van der Waals surface area (Å²) in [6.45, 7) is -0.203. The van der Waals surface area contributed by atoms with Crippen LogP contribution in [0.15, 0.2) is 95.8 Å². The molecule has 1 aromatic heterocycles. The Morgan fingerprint density at radius 3 is 2.19 bits per heavy atom. The summed E-state index contributed by atoms with van der Waals surface area (Å²) in [4.78, 5) is 24.7. The molecule has 0 aliphatic heterocycles. The van der Waals surface area contributed by atoms with E-state index in [4.69, 9.17) is 9.47 Å². The average molecular weight is 427 g/mol. The van der Waals surface area contributed by atoms with Crippen LogP contribution in [-0.4, -0.2) is 22.8 Å². The fourth-order valence-electron chi connectivity index (χ4n) is 3.05. The van der Waals surface area contributed by atoms with Crippen molar-refractivity contribution in [3.63, 3.8) is 0 Å². The number of ether oxygens (including phenoxy) is 2. The molecule has 7 heteroatoms. The van der Waals surface area contributed by atoms with Crippen molar-refractivity contribution in [2.45, 2.75) is 6.54 Å². The number of nitrogens with zero attached hydrogens (tertiary/aromatic N) is 2. The summed E-state index contributed by atoms with van der Waals surface area (Å²) in [5.74, 6) is 1.75. The molecule has 1 N–H and O–H groups in total. The van der Waals surface area contributed by atoms with E-state index in [0.717, 1.165) is 21.7 Å². The molecule has 32 heavy (non-hydrogen) atoms. The van der Waals surface area contributed by atoms with Crippen LogP contribution in [0.5, 0.6) is 17.2 Å². The largest absolute Gasteiger partial charge is 0.497 e. The molecule has 0 unspecified atom stereocenters. The lowest BCUT2D eigenvalue weighted by Crippen LogP contribution is -2.29. The summed E-state index contributed by atoms with van der Waals surface area (Å²) in [6, 6.07) is 26.7. The number of hydrogen-bond acceptors (Lipinski definition) is 5. The van der Waals surface area contributed by atoms with Crippen molar-refractivity contribution >= 4 is 11.6 Å². The molecular weight excluding hydrogens is 406 g/mol. The second kappa shape index (κ2) is 9.61. The van der Waals surface area contributed by atoms with Gasteiger partial charge in [0.05, 0.1) is 12.8 Å². The minimum atomic E-state index is -0.358. The summed E-state index contributed by atoms with van der Waals surface area (Å²) in [7, 11) is 1.59. The number of carbonyl (C=O) groups is 1. The predicted octanol–water partition coefficient (Wildman–Crippen LogP) is 4.35. The van der Waals surface area contributed by atoms with Crippen molar-refractivity contribution < 1.29 is 14.3 Å². The lowest BCUT2D eigenvalue weighted by Gasteiger charge is -2.10. The molecule has 0 fully saturated rings. The van der Waals surface area contributed by atoms with Crippen molar-refractivity contribution in [3.8, 4) is 28.5 Å². The lowest BCUT2D eigenvalue weighted by molar-refractivity contribution is -0.117. The van der Waals surface area contributed by atoms with Crippen molar-refractivity contribution in [1.29, 1.82) is 0 Å². The van der Waals surface area contributed by atoms with Crippen LogP contribution in [0.3, 0.4) is 0 Å². The molecular formula is C25H21N3O4. The number of hydrogen-bond donors (Lipinski definition) is 1. The Morgan fingerprint density at radius 1 is 0.844 bits per heavy atom. The first-order valence-corrected chi connectivity index (χ1v) is 9.96. The van der Waals surface area contributed by atoms with Gasteiger partial charge in [-0.2, -0.15) is 5.10 Å². The molecule has 3 aromatic carbocycles. The van der Waals surface area contributed by atoms with Gasteiger partial charge < -0.3 is 14.8 Å². The van der Waals surface area contributed by atoms with Crippen LogP contribution in [0.4, 0.5) is 5.69 Å². The third kappa shape index (κ3) is 5.20. The average Bonchev–Trinajstić information content (AvgIpc) is 2.82. The van der Waals surface area contributed by atoms with Crippen molar-refractivity contribution in [3.05, 3.63) is 101 Å². The third-order valence-electron chi connectivity index (χ3n) is 4.66. The summed E-state index contributed by atoms with van der Waals surface area (Å²) in [6.07, 6.45) is 0. The van der Waals surface area contributed by atoms with E-state index in [1.54, 1.807) is 37.4 Å². The van der Waals surface area contributed by atoms with Gasteiger partial charge in [0.2, 0.25) is 5.91 Å². The Morgan fingerprint density at radius 2 is 1.50 bits per heavy atom. The lowest BCUT2D eigenvalue weighted by atomic mass is 10.1. The predicted molar refractivity (Wildman–Crippen MR) is 122 cm³/mol. The van der Waals surface area contributed by atoms with Gasteiger partial charge in [-0.25, -0.2) is 4.68 Å². The van der Waals surface area contributed by atoms with Crippen LogP contribution in [0, 0.1) is 0 Å². The summed E-state index contributed by atoms with van der Waals surface area (Å²) in [5.41, 5.74) is 1.63. The van der Waals surface area contributed by atoms with Crippen LogP contribution < -0.4 is 20.3 Å².